The number of likely N-dealkylation sites (N-methyl/N-ethyl adjacent to an activating group) is 1. The summed E-state index contributed by atoms with van der Waals surface area (Å²) in [6.45, 7) is 1.25. The molecule has 1 aliphatic rings. The van der Waals surface area contributed by atoms with Crippen LogP contribution in [0.1, 0.15) is 5.56 Å². The van der Waals surface area contributed by atoms with E-state index in [4.69, 9.17) is 0 Å². The third kappa shape index (κ3) is 3.71. The number of non-ortho nitro benzene ring substituents is 1. The fraction of sp³-hybridized carbons (Fsp3) is 0.308. The minimum atomic E-state index is -0.426. The lowest BCUT2D eigenvalue weighted by atomic mass is 9.99. The molecule has 0 aliphatic carbocycles. The number of benzene rings is 1. The first-order valence-corrected chi connectivity index (χ1v) is 5.68. The molecule has 0 spiro atoms. The fourth-order valence-electron chi connectivity index (χ4n) is 2.20. The molecule has 0 atom stereocenters. The predicted molar refractivity (Wildman–Crippen MR) is 67.9 cm³/mol. The highest BCUT2D eigenvalue weighted by Crippen LogP contribution is 2.23. The summed E-state index contributed by atoms with van der Waals surface area (Å²) < 4.78 is 0.613. The molecule has 1 aromatic carbocycles. The van der Waals surface area contributed by atoms with E-state index in [2.05, 4.69) is 0 Å². The summed E-state index contributed by atoms with van der Waals surface area (Å²) in [5, 5.41) is 10.6. The smallest absolute Gasteiger partial charge is 0.269 e. The standard InChI is InChI=1S/C13H15N2O3.BrH/c1-15(2)8-11(7-13(16)9-15)10-3-5-12(6-4-10)14(17)18;/h3-7H,8-9H2,1-2H3;1H/q+1;/p-1. The normalized spacial score (nSPS) is 17.4. The Labute approximate surface area is 122 Å². The molecule has 0 fully saturated rings. The first-order valence-electron chi connectivity index (χ1n) is 5.68. The first-order chi connectivity index (χ1) is 8.37. The predicted octanol–water partition coefficient (Wildman–Crippen LogP) is -1.36. The Bertz CT molecular complexity index is 535. The van der Waals surface area contributed by atoms with Gasteiger partial charge in [-0.3, -0.25) is 14.9 Å². The van der Waals surface area contributed by atoms with Crippen molar-refractivity contribution in [3.63, 3.8) is 0 Å². The van der Waals surface area contributed by atoms with Crippen LogP contribution in [-0.2, 0) is 4.79 Å². The molecule has 0 aromatic heterocycles. The summed E-state index contributed by atoms with van der Waals surface area (Å²) in [7, 11) is 3.99. The van der Waals surface area contributed by atoms with Crippen molar-refractivity contribution in [1.29, 1.82) is 0 Å². The molecular formula is C13H15BrN2O3. The van der Waals surface area contributed by atoms with E-state index in [0.29, 0.717) is 11.0 Å². The van der Waals surface area contributed by atoms with Gasteiger partial charge in [0.1, 0.15) is 13.1 Å². The number of quaternary nitrogens is 1. The molecule has 0 unspecified atom stereocenters. The van der Waals surface area contributed by atoms with Crippen molar-refractivity contribution in [2.24, 2.45) is 0 Å². The molecule has 102 valence electrons. The van der Waals surface area contributed by atoms with Crippen LogP contribution in [0.2, 0.25) is 0 Å². The Morgan fingerprint density at radius 3 is 2.21 bits per heavy atom. The molecular weight excluding hydrogens is 312 g/mol. The van der Waals surface area contributed by atoms with Crippen molar-refractivity contribution in [3.05, 3.63) is 46.0 Å². The summed E-state index contributed by atoms with van der Waals surface area (Å²) in [5.41, 5.74) is 1.88. The van der Waals surface area contributed by atoms with Crippen LogP contribution in [0.15, 0.2) is 30.3 Å². The maximum Gasteiger partial charge on any atom is 0.269 e. The Morgan fingerprint density at radius 1 is 1.16 bits per heavy atom. The maximum atomic E-state index is 11.6. The van der Waals surface area contributed by atoms with Gasteiger partial charge in [-0.1, -0.05) is 0 Å². The second-order valence-corrected chi connectivity index (χ2v) is 5.19. The van der Waals surface area contributed by atoms with E-state index in [-0.39, 0.29) is 28.5 Å². The van der Waals surface area contributed by atoms with E-state index in [1.54, 1.807) is 18.2 Å². The molecule has 1 aromatic rings. The van der Waals surface area contributed by atoms with Crippen molar-refractivity contribution in [2.75, 3.05) is 27.2 Å². The van der Waals surface area contributed by atoms with Crippen LogP contribution in [0, 0.1) is 10.1 Å². The lowest BCUT2D eigenvalue weighted by Crippen LogP contribution is -3.00. The molecule has 1 aliphatic heterocycles. The second kappa shape index (κ2) is 5.63. The lowest BCUT2D eigenvalue weighted by Gasteiger charge is -2.32. The summed E-state index contributed by atoms with van der Waals surface area (Å²) in [6.07, 6.45) is 1.64. The number of hydrogen-bond donors (Lipinski definition) is 0. The van der Waals surface area contributed by atoms with Crippen molar-refractivity contribution in [2.45, 2.75) is 0 Å². The van der Waals surface area contributed by atoms with E-state index >= 15 is 0 Å². The van der Waals surface area contributed by atoms with Crippen LogP contribution in [0.3, 0.4) is 0 Å². The van der Waals surface area contributed by atoms with Gasteiger partial charge in [-0.2, -0.15) is 0 Å². The number of nitro benzene ring substituents is 1. The fourth-order valence-corrected chi connectivity index (χ4v) is 2.20. The molecule has 0 amide bonds. The zero-order valence-electron chi connectivity index (χ0n) is 10.8. The third-order valence-corrected chi connectivity index (χ3v) is 2.97. The SMILES string of the molecule is C[N+]1(C)CC(=O)C=C(c2ccc([N+](=O)[O-])cc2)C1.[Br-]. The molecule has 0 bridgehead atoms. The quantitative estimate of drug-likeness (QED) is 0.383. The summed E-state index contributed by atoms with van der Waals surface area (Å²) in [4.78, 5) is 21.8. The van der Waals surface area contributed by atoms with Gasteiger partial charge in [0.25, 0.3) is 5.69 Å². The van der Waals surface area contributed by atoms with Crippen LogP contribution in [-0.4, -0.2) is 42.4 Å². The number of nitro groups is 1. The molecule has 0 saturated carbocycles. The van der Waals surface area contributed by atoms with Crippen LogP contribution >= 0.6 is 0 Å². The zero-order chi connectivity index (χ0) is 13.3. The average molecular weight is 327 g/mol. The van der Waals surface area contributed by atoms with Gasteiger partial charge in [-0.25, -0.2) is 0 Å². The van der Waals surface area contributed by atoms with Gasteiger partial charge in [0.05, 0.1) is 19.0 Å². The third-order valence-electron chi connectivity index (χ3n) is 2.97. The van der Waals surface area contributed by atoms with Crippen molar-refractivity contribution in [3.8, 4) is 0 Å². The van der Waals surface area contributed by atoms with E-state index in [0.717, 1.165) is 17.7 Å². The highest BCUT2D eigenvalue weighted by molar-refractivity contribution is 5.99. The molecule has 1 heterocycles. The van der Waals surface area contributed by atoms with E-state index in [9.17, 15) is 14.9 Å². The van der Waals surface area contributed by atoms with Gasteiger partial charge in [0.15, 0.2) is 0 Å². The molecule has 19 heavy (non-hydrogen) atoms. The van der Waals surface area contributed by atoms with Gasteiger partial charge in [0, 0.05) is 17.7 Å². The monoisotopic (exact) mass is 326 g/mol. The Kier molecular flexibility index (Phi) is 4.60. The summed E-state index contributed by atoms with van der Waals surface area (Å²) >= 11 is 0. The number of rotatable bonds is 2. The van der Waals surface area contributed by atoms with E-state index < -0.39 is 4.92 Å². The number of halogens is 1. The van der Waals surface area contributed by atoms with Gasteiger partial charge in [-0.15, -0.1) is 0 Å². The lowest BCUT2D eigenvalue weighted by molar-refractivity contribution is -0.875. The van der Waals surface area contributed by atoms with Crippen molar-refractivity contribution < 1.29 is 31.2 Å². The van der Waals surface area contributed by atoms with Gasteiger partial charge >= 0.3 is 0 Å². The molecule has 2 rings (SSSR count). The number of carbonyl (C=O) groups is 1. The Hall–Kier alpha value is -1.53. The van der Waals surface area contributed by atoms with Crippen LogP contribution < -0.4 is 17.0 Å². The molecule has 5 nitrogen and oxygen atoms in total. The zero-order valence-corrected chi connectivity index (χ0v) is 12.4. The molecule has 0 radical (unpaired) electrons. The minimum absolute atomic E-state index is 0. The average Bonchev–Trinajstić information content (AvgIpc) is 2.26. The molecule has 0 saturated heterocycles. The Morgan fingerprint density at radius 2 is 1.74 bits per heavy atom. The minimum Gasteiger partial charge on any atom is -1.00 e. The number of hydrogen-bond acceptors (Lipinski definition) is 3. The second-order valence-electron chi connectivity index (χ2n) is 5.19. The number of carbonyl (C=O) groups excluding carboxylic acids is 1. The molecule has 0 N–H and O–H groups in total. The van der Waals surface area contributed by atoms with E-state index in [1.165, 1.54) is 12.1 Å². The topological polar surface area (TPSA) is 60.2 Å². The van der Waals surface area contributed by atoms with E-state index in [1.807, 2.05) is 14.1 Å². The van der Waals surface area contributed by atoms with Gasteiger partial charge in [0.2, 0.25) is 5.78 Å². The maximum absolute atomic E-state index is 11.6. The number of ketones is 1. The van der Waals surface area contributed by atoms with Crippen LogP contribution in [0.25, 0.3) is 5.57 Å². The van der Waals surface area contributed by atoms with Gasteiger partial charge in [-0.05, 0) is 23.8 Å². The summed E-state index contributed by atoms with van der Waals surface area (Å²) in [5.74, 6) is 0.0969. The highest BCUT2D eigenvalue weighted by Gasteiger charge is 2.27. The van der Waals surface area contributed by atoms with Gasteiger partial charge < -0.3 is 21.5 Å². The van der Waals surface area contributed by atoms with Crippen molar-refractivity contribution in [1.82, 2.24) is 0 Å². The first kappa shape index (κ1) is 15.5. The Balaban J connectivity index is 0.00000180. The largest absolute Gasteiger partial charge is 1.00 e. The summed E-state index contributed by atoms with van der Waals surface area (Å²) in [6, 6.07) is 6.33. The molecule has 6 heteroatoms. The van der Waals surface area contributed by atoms with Crippen molar-refractivity contribution >= 4 is 17.0 Å². The highest BCUT2D eigenvalue weighted by atomic mass is 79.9. The van der Waals surface area contributed by atoms with Crippen LogP contribution in [0.5, 0.6) is 0 Å². The number of nitrogens with zero attached hydrogens (tertiary/aromatic N) is 2. The van der Waals surface area contributed by atoms with Crippen LogP contribution in [0.4, 0.5) is 5.69 Å².